The fraction of sp³-hybridized carbons (Fsp3) is 0.389. The van der Waals surface area contributed by atoms with E-state index in [9.17, 15) is 0 Å². The van der Waals surface area contributed by atoms with Crippen molar-refractivity contribution in [3.63, 3.8) is 0 Å². The van der Waals surface area contributed by atoms with Crippen LogP contribution in [0.1, 0.15) is 5.69 Å². The van der Waals surface area contributed by atoms with Gasteiger partial charge in [0.2, 0.25) is 0 Å². The van der Waals surface area contributed by atoms with Gasteiger partial charge in [-0.05, 0) is 24.3 Å². The predicted molar refractivity (Wildman–Crippen MR) is 95.5 cm³/mol. The second kappa shape index (κ2) is 7.94. The Morgan fingerprint density at radius 2 is 1.78 bits per heavy atom. The van der Waals surface area contributed by atoms with Gasteiger partial charge in [0.25, 0.3) is 0 Å². The maximum absolute atomic E-state index is 6.07. The highest BCUT2D eigenvalue weighted by molar-refractivity contribution is 5.67. The van der Waals surface area contributed by atoms with Crippen LogP contribution >= 0.6 is 0 Å². The summed E-state index contributed by atoms with van der Waals surface area (Å²) in [6.45, 7) is 7.14. The van der Waals surface area contributed by atoms with Gasteiger partial charge in [0.1, 0.15) is 0 Å². The van der Waals surface area contributed by atoms with Gasteiger partial charge in [0, 0.05) is 52.0 Å². The number of nitrogens with two attached hydrogens (primary N) is 1. The maximum atomic E-state index is 6.07. The fourth-order valence-electron chi connectivity index (χ4n) is 2.94. The Bertz CT molecular complexity index is 593. The monoisotopic (exact) mass is 311 g/mol. The first-order chi connectivity index (χ1) is 11.3. The van der Waals surface area contributed by atoms with Crippen LogP contribution in [0, 0.1) is 0 Å². The molecule has 0 unspecified atom stereocenters. The van der Waals surface area contributed by atoms with Gasteiger partial charge in [-0.3, -0.25) is 9.88 Å². The molecule has 0 bridgehead atoms. The average Bonchev–Trinajstić information content (AvgIpc) is 2.61. The summed E-state index contributed by atoms with van der Waals surface area (Å²) in [7, 11) is 0. The number of aromatic nitrogens is 1. The quantitative estimate of drug-likeness (QED) is 0.626. The minimum atomic E-state index is 0.835. The van der Waals surface area contributed by atoms with Crippen molar-refractivity contribution in [2.24, 2.45) is 0 Å². The maximum Gasteiger partial charge on any atom is 0.0600 e. The van der Waals surface area contributed by atoms with Gasteiger partial charge in [-0.15, -0.1) is 0 Å². The smallest absolute Gasteiger partial charge is 0.0600 e. The number of para-hydroxylation sites is 2. The lowest BCUT2D eigenvalue weighted by Crippen LogP contribution is -2.48. The number of piperazine rings is 1. The minimum Gasteiger partial charge on any atom is -0.397 e. The standard InChI is InChI=1S/C18H25N5/c19-17-6-1-2-7-18(17)23-13-11-22(12-14-23)10-9-20-15-16-5-3-4-8-21-16/h1-8,20H,9-15,19H2. The van der Waals surface area contributed by atoms with Crippen LogP contribution in [0.25, 0.3) is 0 Å². The molecule has 0 amide bonds. The van der Waals surface area contributed by atoms with E-state index in [4.69, 9.17) is 5.73 Å². The zero-order valence-corrected chi connectivity index (χ0v) is 13.5. The summed E-state index contributed by atoms with van der Waals surface area (Å²) in [6, 6.07) is 14.2. The molecule has 5 heteroatoms. The highest BCUT2D eigenvalue weighted by Crippen LogP contribution is 2.23. The van der Waals surface area contributed by atoms with E-state index in [1.165, 1.54) is 5.69 Å². The van der Waals surface area contributed by atoms with Crippen LogP contribution in [0.3, 0.4) is 0 Å². The number of nitrogens with zero attached hydrogens (tertiary/aromatic N) is 3. The summed E-state index contributed by atoms with van der Waals surface area (Å²) >= 11 is 0. The Morgan fingerprint density at radius 1 is 1.00 bits per heavy atom. The Hall–Kier alpha value is -2.11. The first-order valence-electron chi connectivity index (χ1n) is 8.25. The molecule has 1 aromatic carbocycles. The van der Waals surface area contributed by atoms with E-state index >= 15 is 0 Å². The molecular weight excluding hydrogens is 286 g/mol. The molecule has 1 saturated heterocycles. The number of hydrogen-bond acceptors (Lipinski definition) is 5. The third-order valence-electron chi connectivity index (χ3n) is 4.29. The van der Waals surface area contributed by atoms with Crippen molar-refractivity contribution in [1.82, 2.24) is 15.2 Å². The van der Waals surface area contributed by atoms with Crippen LogP contribution in [-0.2, 0) is 6.54 Å². The second-order valence-corrected chi connectivity index (χ2v) is 5.89. The van der Waals surface area contributed by atoms with E-state index in [1.807, 2.05) is 30.5 Å². The van der Waals surface area contributed by atoms with Gasteiger partial charge >= 0.3 is 0 Å². The summed E-state index contributed by atoms with van der Waals surface area (Å²) in [5.41, 5.74) is 9.20. The molecule has 0 spiro atoms. The van der Waals surface area contributed by atoms with Gasteiger partial charge in [0.15, 0.2) is 0 Å². The molecule has 23 heavy (non-hydrogen) atoms. The summed E-state index contributed by atoms with van der Waals surface area (Å²) in [5.74, 6) is 0. The number of rotatable bonds is 6. The number of nitrogen functional groups attached to an aromatic ring is 1. The Kier molecular flexibility index (Phi) is 5.45. The lowest BCUT2D eigenvalue weighted by Gasteiger charge is -2.36. The summed E-state index contributed by atoms with van der Waals surface area (Å²) in [6.07, 6.45) is 1.84. The van der Waals surface area contributed by atoms with Crippen LogP contribution in [0.4, 0.5) is 11.4 Å². The zero-order valence-electron chi connectivity index (χ0n) is 13.5. The molecule has 2 aromatic rings. The molecule has 0 radical (unpaired) electrons. The molecule has 0 aliphatic carbocycles. The van der Waals surface area contributed by atoms with Crippen molar-refractivity contribution in [1.29, 1.82) is 0 Å². The van der Waals surface area contributed by atoms with Gasteiger partial charge in [-0.1, -0.05) is 18.2 Å². The average molecular weight is 311 g/mol. The van der Waals surface area contributed by atoms with Crippen molar-refractivity contribution in [2.75, 3.05) is 49.9 Å². The molecule has 1 fully saturated rings. The molecular formula is C18H25N5. The third kappa shape index (κ3) is 4.43. The first-order valence-corrected chi connectivity index (χ1v) is 8.25. The SMILES string of the molecule is Nc1ccccc1N1CCN(CCNCc2ccccn2)CC1. The highest BCUT2D eigenvalue weighted by Gasteiger charge is 2.17. The molecule has 1 aliphatic rings. The van der Waals surface area contributed by atoms with Crippen molar-refractivity contribution in [3.8, 4) is 0 Å². The Balaban J connectivity index is 1.37. The van der Waals surface area contributed by atoms with E-state index in [0.29, 0.717) is 0 Å². The van der Waals surface area contributed by atoms with E-state index < -0.39 is 0 Å². The molecule has 1 aliphatic heterocycles. The number of pyridine rings is 1. The minimum absolute atomic E-state index is 0.835. The Morgan fingerprint density at radius 3 is 2.52 bits per heavy atom. The molecule has 122 valence electrons. The molecule has 0 atom stereocenters. The van der Waals surface area contributed by atoms with E-state index in [0.717, 1.165) is 57.2 Å². The molecule has 0 saturated carbocycles. The number of hydrogen-bond donors (Lipinski definition) is 2. The van der Waals surface area contributed by atoms with Crippen LogP contribution in [0.5, 0.6) is 0 Å². The third-order valence-corrected chi connectivity index (χ3v) is 4.29. The van der Waals surface area contributed by atoms with Crippen molar-refractivity contribution < 1.29 is 0 Å². The number of benzene rings is 1. The molecule has 2 heterocycles. The van der Waals surface area contributed by atoms with E-state index in [-0.39, 0.29) is 0 Å². The van der Waals surface area contributed by atoms with Gasteiger partial charge in [-0.2, -0.15) is 0 Å². The first kappa shape index (κ1) is 15.8. The number of nitrogens with one attached hydrogen (secondary N) is 1. The van der Waals surface area contributed by atoms with Crippen molar-refractivity contribution >= 4 is 11.4 Å². The van der Waals surface area contributed by atoms with E-state index in [1.54, 1.807) is 0 Å². The number of anilines is 2. The topological polar surface area (TPSA) is 57.4 Å². The van der Waals surface area contributed by atoms with Gasteiger partial charge < -0.3 is 16.0 Å². The molecule has 3 rings (SSSR count). The summed E-state index contributed by atoms with van der Waals surface area (Å²) < 4.78 is 0. The molecule has 3 N–H and O–H groups in total. The lowest BCUT2D eigenvalue weighted by molar-refractivity contribution is 0.257. The van der Waals surface area contributed by atoms with Crippen molar-refractivity contribution in [2.45, 2.75) is 6.54 Å². The fourth-order valence-corrected chi connectivity index (χ4v) is 2.94. The van der Waals surface area contributed by atoms with Crippen LogP contribution in [0.2, 0.25) is 0 Å². The van der Waals surface area contributed by atoms with E-state index in [2.05, 4.69) is 38.3 Å². The largest absolute Gasteiger partial charge is 0.397 e. The van der Waals surface area contributed by atoms with Crippen LogP contribution in [0.15, 0.2) is 48.7 Å². The lowest BCUT2D eigenvalue weighted by atomic mass is 10.2. The van der Waals surface area contributed by atoms with Crippen LogP contribution in [-0.4, -0.2) is 49.2 Å². The predicted octanol–water partition coefficient (Wildman–Crippen LogP) is 1.58. The van der Waals surface area contributed by atoms with Gasteiger partial charge in [0.05, 0.1) is 17.1 Å². The highest BCUT2D eigenvalue weighted by atomic mass is 15.3. The molecule has 1 aromatic heterocycles. The normalized spacial score (nSPS) is 15.7. The Labute approximate surface area is 138 Å². The van der Waals surface area contributed by atoms with Crippen molar-refractivity contribution in [3.05, 3.63) is 54.4 Å². The van der Waals surface area contributed by atoms with Gasteiger partial charge in [-0.25, -0.2) is 0 Å². The zero-order chi connectivity index (χ0) is 15.9. The summed E-state index contributed by atoms with van der Waals surface area (Å²) in [4.78, 5) is 9.20. The van der Waals surface area contributed by atoms with Crippen LogP contribution < -0.4 is 16.0 Å². The molecule has 5 nitrogen and oxygen atoms in total. The second-order valence-electron chi connectivity index (χ2n) is 5.89. The summed E-state index contributed by atoms with van der Waals surface area (Å²) in [5, 5.41) is 3.46.